The molecule has 3 heterocycles. The molecule has 0 fully saturated rings. The summed E-state index contributed by atoms with van der Waals surface area (Å²) < 4.78 is 8.18. The van der Waals surface area contributed by atoms with E-state index >= 15 is 0 Å². The lowest BCUT2D eigenvalue weighted by Crippen LogP contribution is -2.27. The van der Waals surface area contributed by atoms with Crippen LogP contribution in [0.4, 0.5) is 10.6 Å². The number of hydrogen-bond acceptors (Lipinski definition) is 8. The van der Waals surface area contributed by atoms with E-state index in [1.165, 1.54) is 16.2 Å². The molecule has 34 heavy (non-hydrogen) atoms. The highest BCUT2D eigenvalue weighted by atomic mass is 32.1. The van der Waals surface area contributed by atoms with E-state index in [1.807, 2.05) is 67.2 Å². The van der Waals surface area contributed by atoms with Gasteiger partial charge >= 0.3 is 6.09 Å². The minimum absolute atomic E-state index is 0.329. The molecule has 3 aromatic heterocycles. The molecule has 4 rings (SSSR count). The highest BCUT2D eigenvalue weighted by Crippen LogP contribution is 2.31. The minimum atomic E-state index is -0.975. The van der Waals surface area contributed by atoms with Crippen LogP contribution in [-0.2, 0) is 0 Å². The molecule has 0 spiro atoms. The Hall–Kier alpha value is -3.73. The summed E-state index contributed by atoms with van der Waals surface area (Å²) in [5, 5.41) is 26.3. The van der Waals surface area contributed by atoms with Crippen LogP contribution in [0.5, 0.6) is 5.75 Å². The number of benzene rings is 1. The molecule has 0 aliphatic heterocycles. The van der Waals surface area contributed by atoms with Gasteiger partial charge < -0.3 is 19.6 Å². The topological polar surface area (TPSA) is 110 Å². The molecular formula is C23H27N7O3S. The Morgan fingerprint density at radius 1 is 1.24 bits per heavy atom. The summed E-state index contributed by atoms with van der Waals surface area (Å²) in [5.74, 6) is 1.36. The summed E-state index contributed by atoms with van der Waals surface area (Å²) in [6.07, 6.45) is 0.857. The van der Waals surface area contributed by atoms with Crippen molar-refractivity contribution in [3.8, 4) is 11.4 Å². The van der Waals surface area contributed by atoms with E-state index in [0.29, 0.717) is 24.5 Å². The third kappa shape index (κ3) is 4.65. The normalized spacial score (nSPS) is 12.0. The van der Waals surface area contributed by atoms with Crippen molar-refractivity contribution in [1.29, 1.82) is 0 Å². The Bertz CT molecular complexity index is 1300. The predicted molar refractivity (Wildman–Crippen MR) is 131 cm³/mol. The Morgan fingerprint density at radius 2 is 2.03 bits per heavy atom. The van der Waals surface area contributed by atoms with Crippen molar-refractivity contribution >= 4 is 34.2 Å². The molecule has 1 aromatic carbocycles. The highest BCUT2D eigenvalue weighted by Gasteiger charge is 2.21. The Balaban J connectivity index is 1.67. The van der Waals surface area contributed by atoms with Gasteiger partial charge in [0, 0.05) is 51.8 Å². The van der Waals surface area contributed by atoms with Crippen molar-refractivity contribution < 1.29 is 14.6 Å². The fourth-order valence-electron chi connectivity index (χ4n) is 3.75. The van der Waals surface area contributed by atoms with E-state index in [-0.39, 0.29) is 6.10 Å². The standard InChI is InChI=1S/C23H27N7O3S/c1-14-19-15(2)30(27-20(19)21(26-25-14)28(3)4)16-7-6-8-17(13-16)33-18(22-24-10-12-34-22)9-11-29(5)23(31)32/h6-8,10,12-13,18H,9,11H2,1-5H3,(H,31,32). The minimum Gasteiger partial charge on any atom is -0.483 e. The first-order chi connectivity index (χ1) is 16.3. The number of hydrogen-bond donors (Lipinski definition) is 1. The van der Waals surface area contributed by atoms with E-state index in [0.717, 1.165) is 33.0 Å². The summed E-state index contributed by atoms with van der Waals surface area (Å²) in [5.41, 5.74) is 3.42. The first-order valence-corrected chi connectivity index (χ1v) is 11.6. The van der Waals surface area contributed by atoms with Gasteiger partial charge in [0.15, 0.2) is 11.9 Å². The molecule has 1 unspecified atom stereocenters. The maximum absolute atomic E-state index is 11.2. The lowest BCUT2D eigenvalue weighted by Gasteiger charge is -2.20. The Labute approximate surface area is 201 Å². The number of anilines is 1. The van der Waals surface area contributed by atoms with Crippen LogP contribution in [0.15, 0.2) is 35.8 Å². The molecule has 1 atom stereocenters. The van der Waals surface area contributed by atoms with E-state index in [9.17, 15) is 9.90 Å². The second-order valence-corrected chi connectivity index (χ2v) is 9.12. The zero-order chi connectivity index (χ0) is 24.4. The molecule has 10 nitrogen and oxygen atoms in total. The fourth-order valence-corrected chi connectivity index (χ4v) is 4.45. The van der Waals surface area contributed by atoms with Gasteiger partial charge in [0.1, 0.15) is 16.3 Å². The second kappa shape index (κ2) is 9.64. The van der Waals surface area contributed by atoms with E-state index in [1.54, 1.807) is 13.2 Å². The quantitative estimate of drug-likeness (QED) is 0.401. The van der Waals surface area contributed by atoms with Gasteiger partial charge in [0.25, 0.3) is 0 Å². The predicted octanol–water partition coefficient (Wildman–Crippen LogP) is 4.07. The van der Waals surface area contributed by atoms with Gasteiger partial charge in [-0.05, 0) is 26.0 Å². The van der Waals surface area contributed by atoms with Gasteiger partial charge in [0.05, 0.1) is 22.5 Å². The van der Waals surface area contributed by atoms with E-state index in [4.69, 9.17) is 9.84 Å². The number of nitrogens with zero attached hydrogens (tertiary/aromatic N) is 7. The highest BCUT2D eigenvalue weighted by molar-refractivity contribution is 7.09. The maximum atomic E-state index is 11.2. The molecular weight excluding hydrogens is 454 g/mol. The number of ether oxygens (including phenoxy) is 1. The summed E-state index contributed by atoms with van der Waals surface area (Å²) in [6.45, 7) is 4.27. The van der Waals surface area contributed by atoms with Crippen LogP contribution in [0, 0.1) is 13.8 Å². The molecule has 0 aliphatic rings. The molecule has 1 amide bonds. The van der Waals surface area contributed by atoms with Crippen molar-refractivity contribution in [3.63, 3.8) is 0 Å². The third-order valence-corrected chi connectivity index (χ3v) is 6.40. The summed E-state index contributed by atoms with van der Waals surface area (Å²) in [6, 6.07) is 7.68. The lowest BCUT2D eigenvalue weighted by atomic mass is 10.2. The van der Waals surface area contributed by atoms with Crippen molar-refractivity contribution in [2.45, 2.75) is 26.4 Å². The van der Waals surface area contributed by atoms with Crippen LogP contribution in [0.2, 0.25) is 0 Å². The summed E-state index contributed by atoms with van der Waals surface area (Å²) in [7, 11) is 5.38. The Kier molecular flexibility index (Phi) is 6.64. The fraction of sp³-hybridized carbons (Fsp3) is 0.348. The SMILES string of the molecule is Cc1nnc(N(C)C)c2nn(-c3cccc(OC(CCN(C)C(=O)O)c4nccs4)c3)c(C)c12. The monoisotopic (exact) mass is 481 g/mol. The molecule has 0 saturated carbocycles. The molecule has 0 bridgehead atoms. The molecule has 0 aliphatic carbocycles. The number of aryl methyl sites for hydroxylation is 2. The van der Waals surface area contributed by atoms with Gasteiger partial charge in [-0.1, -0.05) is 6.07 Å². The third-order valence-electron chi connectivity index (χ3n) is 5.53. The van der Waals surface area contributed by atoms with Gasteiger partial charge in [-0.2, -0.15) is 10.2 Å². The average Bonchev–Trinajstić information content (AvgIpc) is 3.45. The van der Waals surface area contributed by atoms with Crippen molar-refractivity contribution in [1.82, 2.24) is 29.9 Å². The number of fused-ring (bicyclic) bond motifs is 1. The van der Waals surface area contributed by atoms with Crippen LogP contribution in [-0.4, -0.2) is 68.7 Å². The van der Waals surface area contributed by atoms with Gasteiger partial charge in [-0.15, -0.1) is 16.4 Å². The number of rotatable bonds is 8. The smallest absolute Gasteiger partial charge is 0.407 e. The van der Waals surface area contributed by atoms with E-state index < -0.39 is 6.09 Å². The van der Waals surface area contributed by atoms with Crippen molar-refractivity contribution in [2.75, 3.05) is 32.6 Å². The van der Waals surface area contributed by atoms with Gasteiger partial charge in [0.2, 0.25) is 0 Å². The number of carbonyl (C=O) groups is 1. The zero-order valence-corrected chi connectivity index (χ0v) is 20.6. The first kappa shape index (κ1) is 23.4. The lowest BCUT2D eigenvalue weighted by molar-refractivity contribution is 0.140. The van der Waals surface area contributed by atoms with E-state index in [2.05, 4.69) is 15.2 Å². The van der Waals surface area contributed by atoms with Crippen LogP contribution in [0.1, 0.15) is 28.9 Å². The number of amides is 1. The van der Waals surface area contributed by atoms with Crippen LogP contribution >= 0.6 is 11.3 Å². The molecule has 0 saturated heterocycles. The molecule has 11 heteroatoms. The summed E-state index contributed by atoms with van der Waals surface area (Å²) in [4.78, 5) is 18.7. The largest absolute Gasteiger partial charge is 0.483 e. The average molecular weight is 482 g/mol. The first-order valence-electron chi connectivity index (χ1n) is 10.8. The van der Waals surface area contributed by atoms with Crippen molar-refractivity contribution in [2.24, 2.45) is 0 Å². The zero-order valence-electron chi connectivity index (χ0n) is 19.8. The summed E-state index contributed by atoms with van der Waals surface area (Å²) >= 11 is 1.48. The van der Waals surface area contributed by atoms with Gasteiger partial charge in [-0.3, -0.25) is 0 Å². The van der Waals surface area contributed by atoms with Crippen molar-refractivity contribution in [3.05, 3.63) is 52.2 Å². The molecule has 1 N–H and O–H groups in total. The molecule has 0 radical (unpaired) electrons. The van der Waals surface area contributed by atoms with Crippen LogP contribution in [0.25, 0.3) is 16.6 Å². The maximum Gasteiger partial charge on any atom is 0.407 e. The number of carboxylic acid groups (broad SMARTS) is 1. The van der Waals surface area contributed by atoms with Crippen LogP contribution in [0.3, 0.4) is 0 Å². The Morgan fingerprint density at radius 3 is 2.71 bits per heavy atom. The van der Waals surface area contributed by atoms with Gasteiger partial charge in [-0.25, -0.2) is 14.5 Å². The molecule has 178 valence electrons. The number of thiazole rings is 1. The second-order valence-electron chi connectivity index (χ2n) is 8.19. The molecule has 4 aromatic rings. The number of aromatic nitrogens is 5. The van der Waals surface area contributed by atoms with Crippen LogP contribution < -0.4 is 9.64 Å².